The highest BCUT2D eigenvalue weighted by atomic mass is 16.3. The number of phenols is 1. The first-order valence-corrected chi connectivity index (χ1v) is 6.04. The molecule has 0 amide bonds. The highest BCUT2D eigenvalue weighted by molar-refractivity contribution is 5.48. The van der Waals surface area contributed by atoms with Crippen molar-refractivity contribution in [3.63, 3.8) is 0 Å². The number of nitrogens with one attached hydrogen (secondary N) is 1. The van der Waals surface area contributed by atoms with E-state index in [9.17, 15) is 5.11 Å². The summed E-state index contributed by atoms with van der Waals surface area (Å²) >= 11 is 0. The molecular weight excluding hydrogens is 214 g/mol. The van der Waals surface area contributed by atoms with E-state index in [0.29, 0.717) is 12.2 Å². The molecule has 1 saturated heterocycles. The van der Waals surface area contributed by atoms with Crippen LogP contribution in [0.25, 0.3) is 0 Å². The second kappa shape index (κ2) is 5.55. The van der Waals surface area contributed by atoms with Gasteiger partial charge in [0.15, 0.2) is 0 Å². The molecule has 1 aromatic rings. The van der Waals surface area contributed by atoms with Gasteiger partial charge < -0.3 is 14.9 Å². The molecule has 2 rings (SSSR count). The van der Waals surface area contributed by atoms with Crippen LogP contribution in [0.4, 0.5) is 5.69 Å². The topological polar surface area (TPSA) is 51.7 Å². The molecule has 0 spiro atoms. The van der Waals surface area contributed by atoms with E-state index in [0.717, 1.165) is 32.7 Å². The van der Waals surface area contributed by atoms with Crippen LogP contribution in [-0.2, 0) is 0 Å². The Hall–Kier alpha value is -1.73. The van der Waals surface area contributed by atoms with Crippen molar-refractivity contribution in [1.29, 1.82) is 5.26 Å². The van der Waals surface area contributed by atoms with Gasteiger partial charge in [-0.25, -0.2) is 0 Å². The molecule has 0 atom stereocenters. The number of nitriles is 1. The van der Waals surface area contributed by atoms with Crippen molar-refractivity contribution in [2.45, 2.75) is 6.42 Å². The Morgan fingerprint density at radius 2 is 1.88 bits per heavy atom. The molecule has 1 heterocycles. The molecule has 0 aromatic heterocycles. The summed E-state index contributed by atoms with van der Waals surface area (Å²) in [5.74, 6) is 0.312. The van der Waals surface area contributed by atoms with Crippen molar-refractivity contribution >= 4 is 5.69 Å². The van der Waals surface area contributed by atoms with Crippen LogP contribution in [0.3, 0.4) is 0 Å². The molecule has 1 aliphatic rings. The summed E-state index contributed by atoms with van der Waals surface area (Å²) in [4.78, 5) is 3.84. The van der Waals surface area contributed by atoms with Crippen molar-refractivity contribution in [2.24, 2.45) is 0 Å². The normalized spacial score (nSPS) is 16.8. The smallest absolute Gasteiger partial charge is 0.115 e. The number of hydrogen-bond donors (Lipinski definition) is 2. The largest absolute Gasteiger partial charge is 0.508 e. The van der Waals surface area contributed by atoms with E-state index in [1.807, 2.05) is 12.1 Å². The van der Waals surface area contributed by atoms with Gasteiger partial charge >= 0.3 is 0 Å². The third-order valence-electron chi connectivity index (χ3n) is 3.28. The number of piperazine rings is 1. The van der Waals surface area contributed by atoms with Gasteiger partial charge in [-0.15, -0.1) is 0 Å². The fourth-order valence-electron chi connectivity index (χ4n) is 2.23. The lowest BCUT2D eigenvalue weighted by Gasteiger charge is -2.33. The van der Waals surface area contributed by atoms with Crippen molar-refractivity contribution in [1.82, 2.24) is 0 Å². The van der Waals surface area contributed by atoms with Crippen LogP contribution in [0.5, 0.6) is 5.75 Å². The van der Waals surface area contributed by atoms with Crippen molar-refractivity contribution in [3.05, 3.63) is 24.3 Å². The van der Waals surface area contributed by atoms with Crippen LogP contribution in [0.1, 0.15) is 6.42 Å². The quantitative estimate of drug-likeness (QED) is 0.772. The molecule has 0 unspecified atom stereocenters. The predicted octanol–water partition coefficient (Wildman–Crippen LogP) is 0.0108. The van der Waals surface area contributed by atoms with Gasteiger partial charge in [-0.05, 0) is 24.3 Å². The Morgan fingerprint density at radius 3 is 2.47 bits per heavy atom. The highest BCUT2D eigenvalue weighted by Gasteiger charge is 2.19. The predicted molar refractivity (Wildman–Crippen MR) is 66.1 cm³/mol. The van der Waals surface area contributed by atoms with Gasteiger partial charge in [0.05, 0.1) is 45.2 Å². The molecule has 0 radical (unpaired) electrons. The van der Waals surface area contributed by atoms with Gasteiger partial charge in [-0.2, -0.15) is 5.26 Å². The minimum atomic E-state index is 0.312. The number of rotatable bonds is 3. The number of quaternary nitrogens is 1. The SMILES string of the molecule is N#CCC[NH+]1CCN(c2ccc(O)cc2)CC1. The number of hydrogen-bond acceptors (Lipinski definition) is 3. The Balaban J connectivity index is 1.87. The van der Waals surface area contributed by atoms with Gasteiger partial charge in [-0.3, -0.25) is 0 Å². The molecule has 2 N–H and O–H groups in total. The minimum absolute atomic E-state index is 0.312. The molecule has 4 nitrogen and oxygen atoms in total. The average molecular weight is 232 g/mol. The standard InChI is InChI=1S/C13H17N3O/c14-6-1-7-15-8-10-16(11-9-15)12-2-4-13(17)5-3-12/h2-5,17H,1,7-11H2/p+1. The minimum Gasteiger partial charge on any atom is -0.508 e. The summed E-state index contributed by atoms with van der Waals surface area (Å²) in [6.07, 6.45) is 0.647. The Kier molecular flexibility index (Phi) is 3.84. The van der Waals surface area contributed by atoms with Crippen LogP contribution < -0.4 is 9.80 Å². The summed E-state index contributed by atoms with van der Waals surface area (Å²) in [7, 11) is 0. The lowest BCUT2D eigenvalue weighted by atomic mass is 10.2. The van der Waals surface area contributed by atoms with E-state index in [4.69, 9.17) is 5.26 Å². The molecule has 0 bridgehead atoms. The molecular formula is C13H18N3O+. The Bertz CT molecular complexity index is 388. The molecule has 90 valence electrons. The summed E-state index contributed by atoms with van der Waals surface area (Å²) in [5.41, 5.74) is 1.17. The first-order valence-electron chi connectivity index (χ1n) is 6.04. The number of nitrogens with zero attached hydrogens (tertiary/aromatic N) is 2. The van der Waals surface area contributed by atoms with Gasteiger partial charge in [0.1, 0.15) is 5.75 Å². The molecule has 17 heavy (non-hydrogen) atoms. The van der Waals surface area contributed by atoms with E-state index in [-0.39, 0.29) is 0 Å². The summed E-state index contributed by atoms with van der Waals surface area (Å²) in [5, 5.41) is 17.8. The maximum Gasteiger partial charge on any atom is 0.115 e. The van der Waals surface area contributed by atoms with Crippen molar-refractivity contribution < 1.29 is 10.0 Å². The second-order valence-corrected chi connectivity index (χ2v) is 4.41. The summed E-state index contributed by atoms with van der Waals surface area (Å²) in [6.45, 7) is 5.17. The van der Waals surface area contributed by atoms with Gasteiger partial charge in [0, 0.05) is 5.69 Å². The Morgan fingerprint density at radius 1 is 1.24 bits per heavy atom. The lowest BCUT2D eigenvalue weighted by molar-refractivity contribution is -0.900. The molecule has 1 fully saturated rings. The summed E-state index contributed by atoms with van der Waals surface area (Å²) in [6, 6.07) is 9.56. The lowest BCUT2D eigenvalue weighted by Crippen LogP contribution is -3.14. The number of phenolic OH excluding ortho intramolecular Hbond substituents is 1. The van der Waals surface area contributed by atoms with Crippen molar-refractivity contribution in [3.8, 4) is 11.8 Å². The van der Waals surface area contributed by atoms with E-state index in [1.165, 1.54) is 10.6 Å². The number of anilines is 1. The maximum absolute atomic E-state index is 9.24. The zero-order chi connectivity index (χ0) is 12.1. The maximum atomic E-state index is 9.24. The fourth-order valence-corrected chi connectivity index (χ4v) is 2.23. The van der Waals surface area contributed by atoms with Gasteiger partial charge in [0.25, 0.3) is 0 Å². The second-order valence-electron chi connectivity index (χ2n) is 4.41. The van der Waals surface area contributed by atoms with Crippen LogP contribution in [0.15, 0.2) is 24.3 Å². The van der Waals surface area contributed by atoms with Gasteiger partial charge in [0.2, 0.25) is 0 Å². The molecule has 1 aromatic carbocycles. The van der Waals surface area contributed by atoms with Crippen molar-refractivity contribution in [2.75, 3.05) is 37.6 Å². The van der Waals surface area contributed by atoms with Crippen LogP contribution in [0, 0.1) is 11.3 Å². The summed E-state index contributed by atoms with van der Waals surface area (Å²) < 4.78 is 0. The average Bonchev–Trinajstić information content (AvgIpc) is 2.38. The number of benzene rings is 1. The van der Waals surface area contributed by atoms with E-state index in [2.05, 4.69) is 11.0 Å². The van der Waals surface area contributed by atoms with Gasteiger partial charge in [-0.1, -0.05) is 0 Å². The molecule has 1 aliphatic heterocycles. The first kappa shape index (κ1) is 11.7. The highest BCUT2D eigenvalue weighted by Crippen LogP contribution is 2.17. The first-order chi connectivity index (χ1) is 8.29. The van der Waals surface area contributed by atoms with Crippen LogP contribution >= 0.6 is 0 Å². The molecule has 0 saturated carbocycles. The van der Waals surface area contributed by atoms with Crippen LogP contribution in [0.2, 0.25) is 0 Å². The van der Waals surface area contributed by atoms with E-state index < -0.39 is 0 Å². The monoisotopic (exact) mass is 232 g/mol. The fraction of sp³-hybridized carbons (Fsp3) is 0.462. The zero-order valence-electron chi connectivity index (χ0n) is 9.89. The zero-order valence-corrected chi connectivity index (χ0v) is 9.89. The number of aromatic hydroxyl groups is 1. The molecule has 0 aliphatic carbocycles. The third-order valence-corrected chi connectivity index (χ3v) is 3.28. The Labute approximate surface area is 102 Å². The molecule has 4 heteroatoms. The van der Waals surface area contributed by atoms with E-state index >= 15 is 0 Å². The van der Waals surface area contributed by atoms with E-state index in [1.54, 1.807) is 12.1 Å². The third kappa shape index (κ3) is 3.11. The van der Waals surface area contributed by atoms with Crippen LogP contribution in [-0.4, -0.2) is 37.8 Å².